The van der Waals surface area contributed by atoms with Crippen LogP contribution in [0.5, 0.6) is 0 Å². The van der Waals surface area contributed by atoms with E-state index in [9.17, 15) is 5.11 Å². The number of nitrogens with zero attached hydrogens (tertiary/aromatic N) is 2. The maximum absolute atomic E-state index is 9.97. The third kappa shape index (κ3) is 4.26. The van der Waals surface area contributed by atoms with Crippen molar-refractivity contribution in [3.05, 3.63) is 16.4 Å². The number of halogens is 1. The molecular formula is C13H23ClN2O2. The SMILES string of the molecule is CCc1nn(C)c(CC(O)COC(C)(C)C)c1Cl. The molecule has 0 fully saturated rings. The first-order valence-corrected chi connectivity index (χ1v) is 6.64. The van der Waals surface area contributed by atoms with E-state index in [1.54, 1.807) is 4.68 Å². The fraction of sp³-hybridized carbons (Fsp3) is 0.769. The summed E-state index contributed by atoms with van der Waals surface area (Å²) in [5.74, 6) is 0. The van der Waals surface area contributed by atoms with Crippen LogP contribution in [0.25, 0.3) is 0 Å². The highest BCUT2D eigenvalue weighted by molar-refractivity contribution is 6.31. The molecule has 0 bridgehead atoms. The summed E-state index contributed by atoms with van der Waals surface area (Å²) in [5.41, 5.74) is 1.49. The Morgan fingerprint density at radius 3 is 2.50 bits per heavy atom. The van der Waals surface area contributed by atoms with Gasteiger partial charge in [0.2, 0.25) is 0 Å². The van der Waals surface area contributed by atoms with Crippen LogP contribution in [0.1, 0.15) is 39.1 Å². The van der Waals surface area contributed by atoms with E-state index < -0.39 is 6.10 Å². The Bertz CT molecular complexity index is 396. The summed E-state index contributed by atoms with van der Waals surface area (Å²) in [4.78, 5) is 0. The minimum Gasteiger partial charge on any atom is -0.390 e. The molecule has 0 radical (unpaired) electrons. The molecule has 0 aromatic carbocycles. The fourth-order valence-corrected chi connectivity index (χ4v) is 2.04. The van der Waals surface area contributed by atoms with Gasteiger partial charge >= 0.3 is 0 Å². The minimum absolute atomic E-state index is 0.244. The molecule has 0 aliphatic heterocycles. The van der Waals surface area contributed by atoms with Crippen LogP contribution < -0.4 is 0 Å². The quantitative estimate of drug-likeness (QED) is 0.897. The summed E-state index contributed by atoms with van der Waals surface area (Å²) >= 11 is 6.23. The first-order valence-electron chi connectivity index (χ1n) is 6.27. The molecule has 0 aliphatic rings. The maximum atomic E-state index is 9.97. The van der Waals surface area contributed by atoms with Crippen LogP contribution in [0, 0.1) is 0 Å². The van der Waals surface area contributed by atoms with Gasteiger partial charge in [0.05, 0.1) is 34.7 Å². The number of hydrogen-bond donors (Lipinski definition) is 1. The second-order valence-electron chi connectivity index (χ2n) is 5.47. The number of hydrogen-bond acceptors (Lipinski definition) is 3. The first kappa shape index (κ1) is 15.5. The molecule has 18 heavy (non-hydrogen) atoms. The molecule has 0 spiro atoms. The summed E-state index contributed by atoms with van der Waals surface area (Å²) in [6, 6.07) is 0. The van der Waals surface area contributed by atoms with Gasteiger partial charge in [-0.05, 0) is 27.2 Å². The number of aromatic nitrogens is 2. The molecule has 1 rings (SSSR count). The topological polar surface area (TPSA) is 47.3 Å². The number of rotatable bonds is 5. The van der Waals surface area contributed by atoms with Crippen molar-refractivity contribution >= 4 is 11.6 Å². The highest BCUT2D eigenvalue weighted by Crippen LogP contribution is 2.22. The smallest absolute Gasteiger partial charge is 0.0850 e. The third-order valence-electron chi connectivity index (χ3n) is 2.64. The number of ether oxygens (including phenoxy) is 1. The predicted octanol–water partition coefficient (Wildman–Crippen LogP) is 2.35. The molecule has 0 aliphatic carbocycles. The van der Waals surface area contributed by atoms with E-state index in [4.69, 9.17) is 16.3 Å². The third-order valence-corrected chi connectivity index (χ3v) is 3.08. The van der Waals surface area contributed by atoms with Crippen LogP contribution in [0.3, 0.4) is 0 Å². The molecule has 1 aromatic rings. The molecule has 1 heterocycles. The van der Waals surface area contributed by atoms with E-state index in [0.29, 0.717) is 18.1 Å². The van der Waals surface area contributed by atoms with E-state index in [1.807, 2.05) is 34.7 Å². The number of aryl methyl sites for hydroxylation is 2. The average Bonchev–Trinajstić information content (AvgIpc) is 2.53. The molecule has 5 heteroatoms. The lowest BCUT2D eigenvalue weighted by Crippen LogP contribution is -2.27. The van der Waals surface area contributed by atoms with E-state index in [2.05, 4.69) is 5.10 Å². The molecule has 1 unspecified atom stereocenters. The fourth-order valence-electron chi connectivity index (χ4n) is 1.67. The van der Waals surface area contributed by atoms with Crippen molar-refractivity contribution < 1.29 is 9.84 Å². The minimum atomic E-state index is -0.568. The Hall–Kier alpha value is -0.580. The van der Waals surface area contributed by atoms with Crippen LogP contribution in [0.15, 0.2) is 0 Å². The highest BCUT2D eigenvalue weighted by atomic mass is 35.5. The Kier molecular flexibility index (Phi) is 5.20. The predicted molar refractivity (Wildman–Crippen MR) is 73.0 cm³/mol. The number of aliphatic hydroxyl groups excluding tert-OH is 1. The van der Waals surface area contributed by atoms with Gasteiger partial charge in [0.15, 0.2) is 0 Å². The van der Waals surface area contributed by atoms with Gasteiger partial charge in [0.1, 0.15) is 0 Å². The Balaban J connectivity index is 2.64. The van der Waals surface area contributed by atoms with Crippen molar-refractivity contribution in [1.29, 1.82) is 0 Å². The lowest BCUT2D eigenvalue weighted by molar-refractivity contribution is -0.0486. The maximum Gasteiger partial charge on any atom is 0.0850 e. The van der Waals surface area contributed by atoms with Gasteiger partial charge in [-0.15, -0.1) is 0 Å². The summed E-state index contributed by atoms with van der Waals surface area (Å²) < 4.78 is 7.29. The molecule has 1 atom stereocenters. The molecule has 0 amide bonds. The summed E-state index contributed by atoms with van der Waals surface area (Å²) in [7, 11) is 1.84. The van der Waals surface area contributed by atoms with Crippen LogP contribution >= 0.6 is 11.6 Å². The normalized spacial score (nSPS) is 13.9. The Morgan fingerprint density at radius 1 is 1.44 bits per heavy atom. The molecule has 1 aromatic heterocycles. The number of aliphatic hydroxyl groups is 1. The van der Waals surface area contributed by atoms with Crippen molar-refractivity contribution in [2.45, 2.75) is 52.2 Å². The second kappa shape index (κ2) is 6.04. The van der Waals surface area contributed by atoms with E-state index in [1.165, 1.54) is 0 Å². The highest BCUT2D eigenvalue weighted by Gasteiger charge is 2.19. The van der Waals surface area contributed by atoms with Gasteiger partial charge < -0.3 is 9.84 Å². The Labute approximate surface area is 114 Å². The Morgan fingerprint density at radius 2 is 2.06 bits per heavy atom. The van der Waals surface area contributed by atoms with Gasteiger partial charge in [-0.3, -0.25) is 4.68 Å². The zero-order valence-electron chi connectivity index (χ0n) is 11.8. The van der Waals surface area contributed by atoms with Gasteiger partial charge in [-0.25, -0.2) is 0 Å². The summed E-state index contributed by atoms with van der Waals surface area (Å²) in [5, 5.41) is 15.0. The first-order chi connectivity index (χ1) is 8.24. The molecule has 0 saturated heterocycles. The monoisotopic (exact) mass is 274 g/mol. The van der Waals surface area contributed by atoms with Gasteiger partial charge in [-0.2, -0.15) is 5.10 Å². The van der Waals surface area contributed by atoms with Crippen molar-refractivity contribution in [2.75, 3.05) is 6.61 Å². The zero-order valence-corrected chi connectivity index (χ0v) is 12.6. The molecule has 104 valence electrons. The molecule has 0 saturated carbocycles. The molecule has 4 nitrogen and oxygen atoms in total. The largest absolute Gasteiger partial charge is 0.390 e. The van der Waals surface area contributed by atoms with E-state index >= 15 is 0 Å². The van der Waals surface area contributed by atoms with Crippen molar-refractivity contribution in [1.82, 2.24) is 9.78 Å². The zero-order chi connectivity index (χ0) is 13.9. The van der Waals surface area contributed by atoms with Crippen molar-refractivity contribution in [2.24, 2.45) is 7.05 Å². The van der Waals surface area contributed by atoms with Gasteiger partial charge in [0.25, 0.3) is 0 Å². The van der Waals surface area contributed by atoms with Crippen LogP contribution in [0.2, 0.25) is 5.02 Å². The van der Waals surface area contributed by atoms with Gasteiger partial charge in [-0.1, -0.05) is 18.5 Å². The van der Waals surface area contributed by atoms with E-state index in [0.717, 1.165) is 17.8 Å². The van der Waals surface area contributed by atoms with Gasteiger partial charge in [0, 0.05) is 13.5 Å². The lowest BCUT2D eigenvalue weighted by Gasteiger charge is -2.22. The lowest BCUT2D eigenvalue weighted by atomic mass is 10.1. The second-order valence-corrected chi connectivity index (χ2v) is 5.84. The van der Waals surface area contributed by atoms with Crippen molar-refractivity contribution in [3.8, 4) is 0 Å². The standard InChI is InChI=1S/C13H23ClN2O2/c1-6-10-12(14)11(16(5)15-10)7-9(17)8-18-13(2,3)4/h9,17H,6-8H2,1-5H3. The summed E-state index contributed by atoms with van der Waals surface area (Å²) in [6.45, 7) is 8.20. The van der Waals surface area contributed by atoms with Crippen molar-refractivity contribution in [3.63, 3.8) is 0 Å². The van der Waals surface area contributed by atoms with Crippen LogP contribution in [-0.4, -0.2) is 33.2 Å². The summed E-state index contributed by atoms with van der Waals surface area (Å²) in [6.07, 6.45) is 0.682. The van der Waals surface area contributed by atoms with E-state index in [-0.39, 0.29) is 5.60 Å². The average molecular weight is 275 g/mol. The molecule has 1 N–H and O–H groups in total. The van der Waals surface area contributed by atoms with Crippen LogP contribution in [-0.2, 0) is 24.6 Å². The molecular weight excluding hydrogens is 252 g/mol. The van der Waals surface area contributed by atoms with Crippen LogP contribution in [0.4, 0.5) is 0 Å².